The molecule has 0 saturated carbocycles. The molecule has 0 aliphatic heterocycles. The first-order chi connectivity index (χ1) is 5.29. The number of hydrogen-bond acceptors (Lipinski definition) is 4. The molecule has 13 heavy (non-hydrogen) atoms. The van der Waals surface area contributed by atoms with Crippen LogP contribution in [0.1, 0.15) is 0 Å². The Labute approximate surface area is 104 Å². The van der Waals surface area contributed by atoms with Crippen LogP contribution in [0.15, 0.2) is 0 Å². The molecule has 4 nitrogen and oxygen atoms in total. The minimum Gasteiger partial charge on any atom is -0.547 e. The first-order valence-corrected chi connectivity index (χ1v) is 4.01. The van der Waals surface area contributed by atoms with E-state index in [9.17, 15) is 19.8 Å². The van der Waals surface area contributed by atoms with Crippen LogP contribution in [0.25, 0.3) is 0 Å². The zero-order valence-corrected chi connectivity index (χ0v) is 9.70. The number of carboxylic acids is 2. The largest absolute Gasteiger partial charge is 2.00 e. The van der Waals surface area contributed by atoms with Crippen LogP contribution in [0.2, 0.25) is 0 Å². The van der Waals surface area contributed by atoms with Gasteiger partial charge in [-0.3, -0.25) is 0 Å². The molecule has 0 aliphatic rings. The van der Waals surface area contributed by atoms with Crippen LogP contribution in [-0.2, 0) is 26.4 Å². The molecule has 0 aromatic rings. The van der Waals surface area contributed by atoms with Gasteiger partial charge < -0.3 is 19.8 Å². The van der Waals surface area contributed by atoms with E-state index in [1.807, 2.05) is 0 Å². The first-order valence-electron chi connectivity index (χ1n) is 2.27. The van der Waals surface area contributed by atoms with E-state index in [1.54, 1.807) is 0 Å². The Morgan fingerprint density at radius 3 is 0.923 bits per heavy atom. The summed E-state index contributed by atoms with van der Waals surface area (Å²) in [5, 5.41) is 18.6. The van der Waals surface area contributed by atoms with Crippen LogP contribution in [-0.4, -0.2) is 21.6 Å². The Kier molecular flexibility index (Phi) is 15.8. The van der Waals surface area contributed by atoms with Gasteiger partial charge in [0, 0.05) is 0 Å². The van der Waals surface area contributed by atoms with Gasteiger partial charge in [0.15, 0.2) is 0 Å². The Balaban J connectivity index is -0.000000143. The monoisotopic (exact) mass is 313 g/mol. The number of aliphatic carboxylic acids is 2. The maximum atomic E-state index is 9.32. The third kappa shape index (κ3) is 19.1. The van der Waals surface area contributed by atoms with Crippen LogP contribution in [0, 0.1) is 0 Å². The van der Waals surface area contributed by atoms with E-state index in [0.717, 1.165) is 0 Å². The maximum Gasteiger partial charge on any atom is 2.00 e. The van der Waals surface area contributed by atoms with Crippen LogP contribution >= 0.6 is 46.4 Å². The quantitative estimate of drug-likeness (QED) is 0.617. The number of alkyl halides is 4. The van der Waals surface area contributed by atoms with Gasteiger partial charge in [-0.25, -0.2) is 0 Å². The van der Waals surface area contributed by atoms with Crippen molar-refractivity contribution in [2.45, 2.75) is 9.67 Å². The Hall–Kier alpha value is 0.606. The molecule has 79 valence electrons. The normalized spacial score (nSPS) is 8.46. The smallest absolute Gasteiger partial charge is 0.547 e. The molecular formula is C4H2Cl4CoO4. The summed E-state index contributed by atoms with van der Waals surface area (Å²) in [4.78, 5) is 15.9. The average Bonchev–Trinajstić information content (AvgIpc) is 1.88. The summed E-state index contributed by atoms with van der Waals surface area (Å²) < 4.78 is 0. The molecule has 0 rings (SSSR count). The fourth-order valence-electron chi connectivity index (χ4n) is 0. The topological polar surface area (TPSA) is 80.3 Å². The molecule has 0 saturated heterocycles. The van der Waals surface area contributed by atoms with Crippen molar-refractivity contribution in [1.29, 1.82) is 0 Å². The molecule has 0 spiro atoms. The predicted octanol–water partition coefficient (Wildman–Crippen LogP) is -0.922. The van der Waals surface area contributed by atoms with Crippen molar-refractivity contribution in [2.75, 3.05) is 0 Å². The summed E-state index contributed by atoms with van der Waals surface area (Å²) in [6.07, 6.45) is 0. The van der Waals surface area contributed by atoms with Crippen molar-refractivity contribution >= 4 is 58.3 Å². The standard InChI is InChI=1S/2C2H2Cl2O2.Co/c2*3-1(4)2(5)6;/h2*1H,(H,5,6);/q;;+2/p-2. The molecule has 0 atom stereocenters. The predicted molar refractivity (Wildman–Crippen MR) is 41.0 cm³/mol. The number of carbonyl (C=O) groups is 2. The molecule has 0 fully saturated rings. The van der Waals surface area contributed by atoms with Gasteiger partial charge >= 0.3 is 16.8 Å². The fraction of sp³-hybridized carbons (Fsp3) is 0.500. The summed E-state index contributed by atoms with van der Waals surface area (Å²) in [6, 6.07) is 0. The van der Waals surface area contributed by atoms with Gasteiger partial charge in [-0.05, 0) is 0 Å². The summed E-state index contributed by atoms with van der Waals surface area (Å²) in [5.74, 6) is -2.92. The number of carbonyl (C=O) groups excluding carboxylic acids is 2. The van der Waals surface area contributed by atoms with Crippen molar-refractivity contribution < 1.29 is 36.6 Å². The zero-order chi connectivity index (χ0) is 10.3. The summed E-state index contributed by atoms with van der Waals surface area (Å²) in [6.45, 7) is 0. The molecule has 0 heterocycles. The second kappa shape index (κ2) is 10.7. The van der Waals surface area contributed by atoms with E-state index in [4.69, 9.17) is 46.4 Å². The molecule has 0 aliphatic carbocycles. The second-order valence-electron chi connectivity index (χ2n) is 1.24. The molecule has 1 radical (unpaired) electrons. The van der Waals surface area contributed by atoms with E-state index in [1.165, 1.54) is 0 Å². The third-order valence-corrected chi connectivity index (χ3v) is 1.07. The van der Waals surface area contributed by atoms with Crippen LogP contribution in [0.3, 0.4) is 0 Å². The molecule has 0 N–H and O–H groups in total. The van der Waals surface area contributed by atoms with E-state index in [0.29, 0.717) is 0 Å². The van der Waals surface area contributed by atoms with Gasteiger partial charge in [0.1, 0.15) is 9.67 Å². The van der Waals surface area contributed by atoms with Gasteiger partial charge in [0.25, 0.3) is 0 Å². The molecule has 0 bridgehead atoms. The Morgan fingerprint density at radius 1 is 0.846 bits per heavy atom. The average molecular weight is 315 g/mol. The number of halogens is 4. The van der Waals surface area contributed by atoms with Gasteiger partial charge in [0.2, 0.25) is 0 Å². The zero-order valence-electron chi connectivity index (χ0n) is 5.63. The van der Waals surface area contributed by atoms with Crippen LogP contribution < -0.4 is 10.2 Å². The Bertz CT molecular complexity index is 144. The number of carboxylic acid groups (broad SMARTS) is 2. The third-order valence-electron chi connectivity index (χ3n) is 0.356. The van der Waals surface area contributed by atoms with E-state index >= 15 is 0 Å². The van der Waals surface area contributed by atoms with Gasteiger partial charge in [-0.1, -0.05) is 46.4 Å². The molecule has 0 aromatic carbocycles. The van der Waals surface area contributed by atoms with Crippen molar-refractivity contribution in [3.05, 3.63) is 0 Å². The molecule has 0 unspecified atom stereocenters. The summed E-state index contributed by atoms with van der Waals surface area (Å²) in [5.41, 5.74) is 0. The maximum absolute atomic E-state index is 9.32. The molecular weight excluding hydrogens is 313 g/mol. The van der Waals surface area contributed by atoms with Crippen LogP contribution in [0.5, 0.6) is 0 Å². The van der Waals surface area contributed by atoms with Gasteiger partial charge in [-0.15, -0.1) is 0 Å². The minimum atomic E-state index is -1.46. The Morgan fingerprint density at radius 2 is 0.923 bits per heavy atom. The van der Waals surface area contributed by atoms with E-state index in [-0.39, 0.29) is 16.8 Å². The van der Waals surface area contributed by atoms with E-state index in [2.05, 4.69) is 0 Å². The molecule has 0 aromatic heterocycles. The summed E-state index contributed by atoms with van der Waals surface area (Å²) >= 11 is 18.9. The van der Waals surface area contributed by atoms with Crippen molar-refractivity contribution in [2.24, 2.45) is 0 Å². The van der Waals surface area contributed by atoms with Gasteiger partial charge in [0.05, 0.1) is 11.9 Å². The summed E-state index contributed by atoms with van der Waals surface area (Å²) in [7, 11) is 0. The van der Waals surface area contributed by atoms with Crippen molar-refractivity contribution in [1.82, 2.24) is 0 Å². The molecule has 9 heteroatoms. The van der Waals surface area contributed by atoms with Crippen molar-refractivity contribution in [3.63, 3.8) is 0 Å². The molecule has 0 amide bonds. The van der Waals surface area contributed by atoms with Gasteiger partial charge in [-0.2, -0.15) is 0 Å². The van der Waals surface area contributed by atoms with E-state index < -0.39 is 21.6 Å². The first kappa shape index (κ1) is 19.2. The second-order valence-corrected chi connectivity index (χ2v) is 3.43. The SMILES string of the molecule is O=C([O-])C(Cl)Cl.O=C([O-])C(Cl)Cl.[Co+2]. The number of rotatable bonds is 2. The van der Waals surface area contributed by atoms with Crippen molar-refractivity contribution in [3.8, 4) is 0 Å². The minimum absolute atomic E-state index is 0. The fourth-order valence-corrected chi connectivity index (χ4v) is 0. The number of hydrogen-bond donors (Lipinski definition) is 0. The van der Waals surface area contributed by atoms with Crippen LogP contribution in [0.4, 0.5) is 0 Å².